The van der Waals surface area contributed by atoms with Crippen LogP contribution in [0.1, 0.15) is 32.6 Å². The molecule has 4 nitrogen and oxygen atoms in total. The molecule has 1 saturated carbocycles. The number of nitrogens with zero attached hydrogens (tertiary/aromatic N) is 1. The van der Waals surface area contributed by atoms with Gasteiger partial charge in [0.1, 0.15) is 0 Å². The van der Waals surface area contributed by atoms with E-state index < -0.39 is 10.0 Å². The zero-order valence-electron chi connectivity index (χ0n) is 10.4. The highest BCUT2D eigenvalue weighted by Gasteiger charge is 2.30. The lowest BCUT2D eigenvalue weighted by atomic mass is 10.1. The average Bonchev–Trinajstić information content (AvgIpc) is 2.70. The van der Waals surface area contributed by atoms with Gasteiger partial charge in [0.2, 0.25) is 10.0 Å². The van der Waals surface area contributed by atoms with Gasteiger partial charge in [0, 0.05) is 25.7 Å². The van der Waals surface area contributed by atoms with Crippen molar-refractivity contribution in [3.05, 3.63) is 0 Å². The summed E-state index contributed by atoms with van der Waals surface area (Å²) in [5, 5.41) is 3.27. The van der Waals surface area contributed by atoms with E-state index in [2.05, 4.69) is 5.32 Å². The van der Waals surface area contributed by atoms with Gasteiger partial charge in [0.15, 0.2) is 0 Å². The Morgan fingerprint density at radius 1 is 1.29 bits per heavy atom. The largest absolute Gasteiger partial charge is 0.312 e. The highest BCUT2D eigenvalue weighted by atomic mass is 35.5. The Bertz CT molecular complexity index is 328. The molecule has 0 amide bonds. The van der Waals surface area contributed by atoms with Crippen molar-refractivity contribution in [1.29, 1.82) is 0 Å². The van der Waals surface area contributed by atoms with Crippen molar-refractivity contribution in [2.24, 2.45) is 5.92 Å². The van der Waals surface area contributed by atoms with Crippen LogP contribution in [0.2, 0.25) is 0 Å². The van der Waals surface area contributed by atoms with Gasteiger partial charge in [-0.05, 0) is 25.7 Å². The predicted molar refractivity (Wildman–Crippen MR) is 72.0 cm³/mol. The molecule has 1 saturated heterocycles. The molecule has 0 radical (unpaired) electrons. The average molecular weight is 283 g/mol. The maximum Gasteiger partial charge on any atom is 0.214 e. The number of rotatable bonds is 3. The number of halogens is 1. The molecule has 0 bridgehead atoms. The minimum Gasteiger partial charge on any atom is -0.312 e. The van der Waals surface area contributed by atoms with Crippen LogP contribution in [-0.4, -0.2) is 44.2 Å². The summed E-state index contributed by atoms with van der Waals surface area (Å²) in [5.41, 5.74) is 0. The van der Waals surface area contributed by atoms with Gasteiger partial charge in [0.25, 0.3) is 0 Å². The molecule has 2 rings (SSSR count). The summed E-state index contributed by atoms with van der Waals surface area (Å²) in [6.45, 7) is 4.09. The fourth-order valence-corrected chi connectivity index (χ4v) is 4.69. The summed E-state index contributed by atoms with van der Waals surface area (Å²) >= 11 is 0. The molecule has 1 aliphatic carbocycles. The maximum atomic E-state index is 12.2. The van der Waals surface area contributed by atoms with Crippen molar-refractivity contribution in [3.63, 3.8) is 0 Å². The van der Waals surface area contributed by atoms with Gasteiger partial charge in [-0.2, -0.15) is 4.31 Å². The van der Waals surface area contributed by atoms with E-state index in [9.17, 15) is 8.42 Å². The van der Waals surface area contributed by atoms with E-state index >= 15 is 0 Å². The number of sulfonamides is 1. The fraction of sp³-hybridized carbons (Fsp3) is 1.00. The van der Waals surface area contributed by atoms with Crippen LogP contribution in [0.3, 0.4) is 0 Å². The van der Waals surface area contributed by atoms with Gasteiger partial charge >= 0.3 is 0 Å². The third kappa shape index (κ3) is 4.09. The zero-order valence-corrected chi connectivity index (χ0v) is 12.0. The van der Waals surface area contributed by atoms with Crippen LogP contribution in [0.15, 0.2) is 0 Å². The molecular formula is C11H23ClN2O2S. The Morgan fingerprint density at radius 2 is 1.94 bits per heavy atom. The van der Waals surface area contributed by atoms with Gasteiger partial charge in [-0.1, -0.05) is 12.8 Å². The quantitative estimate of drug-likeness (QED) is 0.847. The molecule has 6 heteroatoms. The van der Waals surface area contributed by atoms with Gasteiger partial charge < -0.3 is 5.32 Å². The molecule has 0 spiro atoms. The fourth-order valence-electron chi connectivity index (χ4n) is 2.73. The summed E-state index contributed by atoms with van der Waals surface area (Å²) in [4.78, 5) is 0. The number of hydrogen-bond acceptors (Lipinski definition) is 3. The van der Waals surface area contributed by atoms with E-state index in [-0.39, 0.29) is 18.4 Å². The highest BCUT2D eigenvalue weighted by Crippen LogP contribution is 2.27. The Labute approximate surface area is 111 Å². The molecule has 1 atom stereocenters. The first-order chi connectivity index (χ1) is 7.58. The SMILES string of the molecule is C[C@@H]1CN(S(=O)(=O)CC2CCCC2)CCN1.Cl. The molecule has 0 aromatic rings. The van der Waals surface area contributed by atoms with E-state index in [1.54, 1.807) is 4.31 Å². The second-order valence-electron chi connectivity index (χ2n) is 5.14. The van der Waals surface area contributed by atoms with Crippen LogP contribution in [0, 0.1) is 5.92 Å². The number of piperazine rings is 1. The lowest BCUT2D eigenvalue weighted by molar-refractivity contribution is 0.308. The van der Waals surface area contributed by atoms with E-state index in [4.69, 9.17) is 0 Å². The monoisotopic (exact) mass is 282 g/mol. The molecule has 102 valence electrons. The van der Waals surface area contributed by atoms with Crippen molar-refractivity contribution in [1.82, 2.24) is 9.62 Å². The van der Waals surface area contributed by atoms with E-state index in [1.807, 2.05) is 6.92 Å². The Balaban J connectivity index is 0.00000144. The third-order valence-corrected chi connectivity index (χ3v) is 5.66. The minimum absolute atomic E-state index is 0. The lowest BCUT2D eigenvalue weighted by Crippen LogP contribution is -2.52. The first kappa shape index (κ1) is 15.2. The van der Waals surface area contributed by atoms with E-state index in [0.29, 0.717) is 24.8 Å². The molecule has 0 aromatic heterocycles. The summed E-state index contributed by atoms with van der Waals surface area (Å²) < 4.78 is 26.0. The molecule has 2 fully saturated rings. The van der Waals surface area contributed by atoms with Crippen LogP contribution in [0.25, 0.3) is 0 Å². The zero-order chi connectivity index (χ0) is 11.6. The van der Waals surface area contributed by atoms with Crippen LogP contribution in [-0.2, 0) is 10.0 Å². The normalized spacial score (nSPS) is 27.9. The van der Waals surface area contributed by atoms with Gasteiger partial charge in [-0.3, -0.25) is 0 Å². The van der Waals surface area contributed by atoms with Gasteiger partial charge in [0.05, 0.1) is 5.75 Å². The van der Waals surface area contributed by atoms with Crippen molar-refractivity contribution in [3.8, 4) is 0 Å². The second kappa shape index (κ2) is 6.36. The number of hydrogen-bond donors (Lipinski definition) is 1. The first-order valence-electron chi connectivity index (χ1n) is 6.29. The van der Waals surface area contributed by atoms with Crippen molar-refractivity contribution in [2.75, 3.05) is 25.4 Å². The Kier molecular flexibility index (Phi) is 5.70. The number of nitrogens with one attached hydrogen (secondary N) is 1. The second-order valence-corrected chi connectivity index (χ2v) is 7.16. The Morgan fingerprint density at radius 3 is 2.53 bits per heavy atom. The third-order valence-electron chi connectivity index (χ3n) is 3.65. The maximum absolute atomic E-state index is 12.2. The molecule has 1 N–H and O–H groups in total. The standard InChI is InChI=1S/C11H22N2O2S.ClH/c1-10-8-13(7-6-12-10)16(14,15)9-11-4-2-3-5-11;/h10-12H,2-9H2,1H3;1H/t10-;/m1./s1. The van der Waals surface area contributed by atoms with Gasteiger partial charge in [-0.25, -0.2) is 8.42 Å². The predicted octanol–water partition coefficient (Wildman–Crippen LogP) is 1.22. The molecule has 0 aromatic carbocycles. The molecule has 0 unspecified atom stereocenters. The molecule has 1 heterocycles. The van der Waals surface area contributed by atoms with Gasteiger partial charge in [-0.15, -0.1) is 12.4 Å². The highest BCUT2D eigenvalue weighted by molar-refractivity contribution is 7.89. The van der Waals surface area contributed by atoms with Crippen LogP contribution in [0.5, 0.6) is 0 Å². The molecule has 1 aliphatic heterocycles. The molecule has 2 aliphatic rings. The lowest BCUT2D eigenvalue weighted by Gasteiger charge is -2.31. The summed E-state index contributed by atoms with van der Waals surface area (Å²) in [5.74, 6) is 0.787. The van der Waals surface area contributed by atoms with Crippen LogP contribution in [0.4, 0.5) is 0 Å². The molecular weight excluding hydrogens is 260 g/mol. The summed E-state index contributed by atoms with van der Waals surface area (Å²) in [6, 6.07) is 0.284. The first-order valence-corrected chi connectivity index (χ1v) is 7.90. The van der Waals surface area contributed by atoms with Crippen LogP contribution >= 0.6 is 12.4 Å². The smallest absolute Gasteiger partial charge is 0.214 e. The molecule has 17 heavy (non-hydrogen) atoms. The Hall–Kier alpha value is 0.160. The topological polar surface area (TPSA) is 49.4 Å². The van der Waals surface area contributed by atoms with E-state index in [1.165, 1.54) is 12.8 Å². The van der Waals surface area contributed by atoms with E-state index in [0.717, 1.165) is 19.4 Å². The van der Waals surface area contributed by atoms with Crippen molar-refractivity contribution < 1.29 is 8.42 Å². The minimum atomic E-state index is -3.01. The van der Waals surface area contributed by atoms with Crippen LogP contribution < -0.4 is 5.32 Å². The summed E-state index contributed by atoms with van der Waals surface area (Å²) in [7, 11) is -3.01. The summed E-state index contributed by atoms with van der Waals surface area (Å²) in [6.07, 6.45) is 4.61. The van der Waals surface area contributed by atoms with Crippen molar-refractivity contribution >= 4 is 22.4 Å². The van der Waals surface area contributed by atoms with Crippen molar-refractivity contribution in [2.45, 2.75) is 38.6 Å².